The van der Waals surface area contributed by atoms with Crippen molar-refractivity contribution in [2.24, 2.45) is 0 Å². The summed E-state index contributed by atoms with van der Waals surface area (Å²) in [5.41, 5.74) is 10.8. The average molecular weight is 428 g/mol. The van der Waals surface area contributed by atoms with Crippen LogP contribution in [-0.2, 0) is 11.2 Å². The fraction of sp³-hybridized carbons (Fsp3) is 0.409. The van der Waals surface area contributed by atoms with Gasteiger partial charge < -0.3 is 19.9 Å². The van der Waals surface area contributed by atoms with Crippen LogP contribution in [0.3, 0.4) is 0 Å². The number of nitrogens with two attached hydrogens (primary N) is 1. The maximum atomic E-state index is 13.1. The Morgan fingerprint density at radius 2 is 1.83 bits per heavy atom. The van der Waals surface area contributed by atoms with E-state index in [0.29, 0.717) is 41.1 Å². The Bertz CT molecular complexity index is 1050. The lowest BCUT2D eigenvalue weighted by Crippen LogP contribution is -2.27. The van der Waals surface area contributed by atoms with Gasteiger partial charge in [-0.3, -0.25) is 4.79 Å². The van der Waals surface area contributed by atoms with Crippen molar-refractivity contribution < 1.29 is 19.0 Å². The number of benzene rings is 1. The highest BCUT2D eigenvalue weighted by atomic mass is 32.2. The summed E-state index contributed by atoms with van der Waals surface area (Å²) in [4.78, 5) is 22.3. The molecule has 1 atom stereocenters. The third kappa shape index (κ3) is 3.19. The molecule has 0 fully saturated rings. The molecule has 1 unspecified atom stereocenters. The second-order valence-electron chi connectivity index (χ2n) is 7.28. The molecular weight excluding hydrogens is 402 g/mol. The number of rotatable bonds is 5. The molecule has 1 aromatic heterocycles. The molecule has 0 spiro atoms. The molecule has 8 heteroatoms. The number of aromatic nitrogens is 2. The fourth-order valence-electron chi connectivity index (χ4n) is 4.54. The van der Waals surface area contributed by atoms with Crippen LogP contribution in [0.15, 0.2) is 28.4 Å². The van der Waals surface area contributed by atoms with Crippen LogP contribution in [0.25, 0.3) is 0 Å². The van der Waals surface area contributed by atoms with Crippen LogP contribution >= 0.6 is 11.8 Å². The zero-order valence-corrected chi connectivity index (χ0v) is 18.4. The Labute approximate surface area is 180 Å². The van der Waals surface area contributed by atoms with E-state index in [1.54, 1.807) is 21.3 Å². The third-order valence-corrected chi connectivity index (χ3v) is 6.33. The van der Waals surface area contributed by atoms with Gasteiger partial charge in [0.2, 0.25) is 5.75 Å². The first-order valence-electron chi connectivity index (χ1n) is 9.78. The van der Waals surface area contributed by atoms with Crippen LogP contribution in [0.4, 0.5) is 5.82 Å². The summed E-state index contributed by atoms with van der Waals surface area (Å²) in [5, 5.41) is 0.635. The Morgan fingerprint density at radius 1 is 1.07 bits per heavy atom. The number of anilines is 1. The Morgan fingerprint density at radius 3 is 2.50 bits per heavy atom. The molecule has 2 aromatic rings. The van der Waals surface area contributed by atoms with Crippen molar-refractivity contribution in [1.29, 1.82) is 0 Å². The quantitative estimate of drug-likeness (QED) is 0.572. The third-order valence-electron chi connectivity index (χ3n) is 5.78. The Hall–Kier alpha value is -2.74. The number of hydrogen-bond acceptors (Lipinski definition) is 8. The summed E-state index contributed by atoms with van der Waals surface area (Å²) >= 11 is 1.45. The smallest absolute Gasteiger partial charge is 0.203 e. The summed E-state index contributed by atoms with van der Waals surface area (Å²) in [6, 6.07) is 3.74. The minimum atomic E-state index is -0.401. The lowest BCUT2D eigenvalue weighted by Gasteiger charge is -2.34. The van der Waals surface area contributed by atoms with Crippen molar-refractivity contribution >= 4 is 23.4 Å². The van der Waals surface area contributed by atoms with Crippen molar-refractivity contribution in [1.82, 2.24) is 9.97 Å². The number of nitrogen functional groups attached to an aromatic ring is 1. The van der Waals surface area contributed by atoms with Crippen molar-refractivity contribution in [3.8, 4) is 17.2 Å². The first-order chi connectivity index (χ1) is 14.5. The lowest BCUT2D eigenvalue weighted by atomic mass is 9.71. The Kier molecular flexibility index (Phi) is 5.60. The molecule has 2 aliphatic rings. The van der Waals surface area contributed by atoms with Crippen LogP contribution in [-0.4, -0.2) is 43.3 Å². The van der Waals surface area contributed by atoms with Crippen LogP contribution in [0.2, 0.25) is 0 Å². The molecule has 0 amide bonds. The largest absolute Gasteiger partial charge is 0.493 e. The molecule has 0 bridgehead atoms. The minimum Gasteiger partial charge on any atom is -0.493 e. The molecule has 0 saturated heterocycles. The summed E-state index contributed by atoms with van der Waals surface area (Å²) in [5.74, 6) is 1.71. The zero-order valence-electron chi connectivity index (χ0n) is 17.6. The fourth-order valence-corrected chi connectivity index (χ4v) is 4.93. The maximum absolute atomic E-state index is 13.1. The summed E-state index contributed by atoms with van der Waals surface area (Å²) in [6.45, 7) is 0. The van der Waals surface area contributed by atoms with Gasteiger partial charge in [-0.25, -0.2) is 9.97 Å². The minimum absolute atomic E-state index is 0.150. The number of Topliss-reactive ketones (excluding diaryl/α,β-unsaturated/α-hetero) is 1. The first-order valence-corrected chi connectivity index (χ1v) is 11.0. The van der Waals surface area contributed by atoms with E-state index in [2.05, 4.69) is 4.98 Å². The standard InChI is InChI=1S/C22H25N3O4S/c1-27-15-9-8-12(19(28-2)20(15)29-3)17-16-11(6-5-7-14(16)26)10-13-18(17)21(23)25-22(24-13)30-4/h8-9,17H,5-7,10H2,1-4H3,(H2,23,24,25). The monoisotopic (exact) mass is 427 g/mol. The highest BCUT2D eigenvalue weighted by molar-refractivity contribution is 7.98. The SMILES string of the molecule is COc1ccc(C2C3=C(CCCC3=O)Cc3nc(SC)nc(N)c32)c(OC)c1OC. The molecule has 7 nitrogen and oxygen atoms in total. The second kappa shape index (κ2) is 8.18. The number of thioether (sulfide) groups is 1. The molecular formula is C22H25N3O4S. The highest BCUT2D eigenvalue weighted by Gasteiger charge is 2.39. The van der Waals surface area contributed by atoms with E-state index in [1.165, 1.54) is 11.8 Å². The van der Waals surface area contributed by atoms with Gasteiger partial charge in [0.15, 0.2) is 22.4 Å². The molecule has 0 saturated carbocycles. The van der Waals surface area contributed by atoms with E-state index >= 15 is 0 Å². The van der Waals surface area contributed by atoms with E-state index < -0.39 is 5.92 Å². The van der Waals surface area contributed by atoms with Crippen molar-refractivity contribution in [3.05, 3.63) is 40.1 Å². The summed E-state index contributed by atoms with van der Waals surface area (Å²) in [6.07, 6.45) is 4.82. The van der Waals surface area contributed by atoms with Crippen molar-refractivity contribution in [2.45, 2.75) is 36.8 Å². The van der Waals surface area contributed by atoms with Crippen molar-refractivity contribution in [3.63, 3.8) is 0 Å². The van der Waals surface area contributed by atoms with E-state index in [0.717, 1.165) is 40.8 Å². The predicted molar refractivity (Wildman–Crippen MR) is 116 cm³/mol. The van der Waals surface area contributed by atoms with Gasteiger partial charge in [-0.05, 0) is 25.2 Å². The molecule has 2 N–H and O–H groups in total. The van der Waals surface area contributed by atoms with E-state index in [1.807, 2.05) is 18.4 Å². The summed E-state index contributed by atoms with van der Waals surface area (Å²) in [7, 11) is 4.73. The maximum Gasteiger partial charge on any atom is 0.203 e. The molecule has 2 aliphatic carbocycles. The van der Waals surface area contributed by atoms with Gasteiger partial charge in [0.1, 0.15) is 5.82 Å². The normalized spacial score (nSPS) is 18.0. The highest BCUT2D eigenvalue weighted by Crippen LogP contribution is 2.51. The van der Waals surface area contributed by atoms with Crippen LogP contribution in [0.1, 0.15) is 42.0 Å². The van der Waals surface area contributed by atoms with Gasteiger partial charge in [-0.2, -0.15) is 0 Å². The van der Waals surface area contributed by atoms with Crippen molar-refractivity contribution in [2.75, 3.05) is 33.3 Å². The number of fused-ring (bicyclic) bond motifs is 1. The number of carbonyl (C=O) groups is 1. The number of ether oxygens (including phenoxy) is 3. The molecule has 30 heavy (non-hydrogen) atoms. The van der Waals surface area contributed by atoms with Crippen LogP contribution in [0, 0.1) is 0 Å². The van der Waals surface area contributed by atoms with E-state index in [9.17, 15) is 4.79 Å². The van der Waals surface area contributed by atoms with Crippen LogP contribution < -0.4 is 19.9 Å². The molecule has 158 valence electrons. The molecule has 0 aliphatic heterocycles. The Balaban J connectivity index is 2.03. The number of carbonyl (C=O) groups excluding carboxylic acids is 1. The van der Waals surface area contributed by atoms with Gasteiger partial charge in [0.25, 0.3) is 0 Å². The molecule has 1 aromatic carbocycles. The van der Waals surface area contributed by atoms with E-state index in [4.69, 9.17) is 24.9 Å². The number of nitrogens with zero attached hydrogens (tertiary/aromatic N) is 2. The summed E-state index contributed by atoms with van der Waals surface area (Å²) < 4.78 is 16.8. The number of hydrogen-bond donors (Lipinski definition) is 1. The lowest BCUT2D eigenvalue weighted by molar-refractivity contribution is -0.116. The first kappa shape index (κ1) is 20.5. The van der Waals surface area contributed by atoms with Gasteiger partial charge in [0.05, 0.1) is 27.0 Å². The number of ketones is 1. The molecule has 1 heterocycles. The average Bonchev–Trinajstić information content (AvgIpc) is 2.76. The van der Waals surface area contributed by atoms with Gasteiger partial charge in [0, 0.05) is 35.5 Å². The number of allylic oxidation sites excluding steroid dienone is 2. The van der Waals surface area contributed by atoms with Gasteiger partial charge in [-0.1, -0.05) is 23.4 Å². The topological polar surface area (TPSA) is 96.6 Å². The molecule has 0 radical (unpaired) electrons. The number of methoxy groups -OCH3 is 3. The van der Waals surface area contributed by atoms with Gasteiger partial charge in [-0.15, -0.1) is 0 Å². The second-order valence-corrected chi connectivity index (χ2v) is 8.06. The van der Waals surface area contributed by atoms with Gasteiger partial charge >= 0.3 is 0 Å². The van der Waals surface area contributed by atoms with E-state index in [-0.39, 0.29) is 5.78 Å². The molecule has 4 rings (SSSR count). The zero-order chi connectivity index (χ0) is 21.4. The van der Waals surface area contributed by atoms with Crippen LogP contribution in [0.5, 0.6) is 17.2 Å². The predicted octanol–water partition coefficient (Wildman–Crippen LogP) is 3.54.